The summed E-state index contributed by atoms with van der Waals surface area (Å²) in [5.74, 6) is -0.652. The van der Waals surface area contributed by atoms with Crippen LogP contribution in [-0.2, 0) is 0 Å². The molecule has 2 rings (SSSR count). The summed E-state index contributed by atoms with van der Waals surface area (Å²) in [6.07, 6.45) is 2.14. The molecule has 0 saturated carbocycles. The maximum atomic E-state index is 13.1. The number of halogens is 1. The minimum Gasteiger partial charge on any atom is -0.505 e. The van der Waals surface area contributed by atoms with E-state index >= 15 is 0 Å². The van der Waals surface area contributed by atoms with Crippen LogP contribution in [0.15, 0.2) is 18.2 Å². The molecular weight excluding hydrogens is 235 g/mol. The van der Waals surface area contributed by atoms with E-state index in [0.717, 1.165) is 32.0 Å². The average molecular weight is 252 g/mol. The summed E-state index contributed by atoms with van der Waals surface area (Å²) in [7, 11) is 0. The maximum Gasteiger partial charge on any atom is 0.321 e. The normalized spacial score (nSPS) is 19.7. The molecule has 1 aliphatic heterocycles. The van der Waals surface area contributed by atoms with Crippen LogP contribution in [-0.4, -0.2) is 29.1 Å². The Labute approximate surface area is 105 Å². The fraction of sp³-hybridized carbons (Fsp3) is 0.462. The Kier molecular flexibility index (Phi) is 3.69. The van der Waals surface area contributed by atoms with Gasteiger partial charge in [0.15, 0.2) is 11.6 Å². The largest absolute Gasteiger partial charge is 0.505 e. The van der Waals surface area contributed by atoms with Crippen molar-refractivity contribution in [2.24, 2.45) is 5.92 Å². The molecule has 0 bridgehead atoms. The maximum absolute atomic E-state index is 13.1. The van der Waals surface area contributed by atoms with E-state index in [1.807, 2.05) is 0 Å². The average Bonchev–Trinajstić information content (AvgIpc) is 2.34. The Balaban J connectivity index is 2.00. The number of phenolic OH excluding ortho intramolecular Hbond substituents is 1. The monoisotopic (exact) mass is 252 g/mol. The number of urea groups is 1. The number of piperidine rings is 1. The first kappa shape index (κ1) is 12.7. The highest BCUT2D eigenvalue weighted by Gasteiger charge is 2.20. The van der Waals surface area contributed by atoms with Crippen LogP contribution in [0.2, 0.25) is 0 Å². The summed E-state index contributed by atoms with van der Waals surface area (Å²) in [4.78, 5) is 13.7. The van der Waals surface area contributed by atoms with Gasteiger partial charge in [0.2, 0.25) is 0 Å². The minimum absolute atomic E-state index is 0.216. The number of anilines is 1. The number of phenols is 1. The lowest BCUT2D eigenvalue weighted by Crippen LogP contribution is -2.41. The van der Waals surface area contributed by atoms with Crippen molar-refractivity contribution in [1.29, 1.82) is 0 Å². The van der Waals surface area contributed by atoms with E-state index in [0.29, 0.717) is 11.6 Å². The molecule has 18 heavy (non-hydrogen) atoms. The quantitative estimate of drug-likeness (QED) is 0.755. The number of aromatic hydroxyl groups is 1. The van der Waals surface area contributed by atoms with Gasteiger partial charge in [-0.3, -0.25) is 0 Å². The molecule has 2 amide bonds. The number of carbonyl (C=O) groups is 1. The summed E-state index contributed by atoms with van der Waals surface area (Å²) >= 11 is 0. The Hall–Kier alpha value is -1.78. The van der Waals surface area contributed by atoms with Crippen molar-refractivity contribution in [2.45, 2.75) is 19.8 Å². The summed E-state index contributed by atoms with van der Waals surface area (Å²) in [5, 5.41) is 11.7. The second kappa shape index (κ2) is 5.25. The number of carbonyl (C=O) groups excluding carboxylic acids is 1. The summed E-state index contributed by atoms with van der Waals surface area (Å²) in [5.41, 5.74) is 0.355. The van der Waals surface area contributed by atoms with Crippen molar-refractivity contribution in [2.75, 3.05) is 18.4 Å². The number of hydrogen-bond donors (Lipinski definition) is 2. The zero-order valence-electron chi connectivity index (χ0n) is 10.3. The molecule has 0 aliphatic carbocycles. The van der Waals surface area contributed by atoms with Gasteiger partial charge < -0.3 is 15.3 Å². The van der Waals surface area contributed by atoms with Crippen molar-refractivity contribution in [3.05, 3.63) is 24.0 Å². The first-order chi connectivity index (χ1) is 8.56. The van der Waals surface area contributed by atoms with Gasteiger partial charge in [0.25, 0.3) is 0 Å². The molecule has 1 heterocycles. The third kappa shape index (κ3) is 2.91. The van der Waals surface area contributed by atoms with E-state index in [4.69, 9.17) is 5.11 Å². The van der Waals surface area contributed by atoms with E-state index in [-0.39, 0.29) is 6.03 Å². The van der Waals surface area contributed by atoms with Crippen LogP contribution in [0, 0.1) is 11.7 Å². The molecule has 1 saturated heterocycles. The molecule has 0 radical (unpaired) electrons. The van der Waals surface area contributed by atoms with Gasteiger partial charge in [-0.25, -0.2) is 9.18 Å². The molecule has 2 N–H and O–H groups in total. The molecule has 0 aromatic heterocycles. The van der Waals surface area contributed by atoms with Gasteiger partial charge >= 0.3 is 6.03 Å². The molecule has 98 valence electrons. The van der Waals surface area contributed by atoms with Crippen LogP contribution in [0.4, 0.5) is 14.9 Å². The van der Waals surface area contributed by atoms with Crippen LogP contribution in [0.3, 0.4) is 0 Å². The molecule has 0 spiro atoms. The number of nitrogens with zero attached hydrogens (tertiary/aromatic N) is 1. The van der Waals surface area contributed by atoms with Gasteiger partial charge in [-0.05, 0) is 30.9 Å². The highest BCUT2D eigenvalue weighted by Crippen LogP contribution is 2.21. The van der Waals surface area contributed by atoms with E-state index in [9.17, 15) is 9.18 Å². The zero-order valence-corrected chi connectivity index (χ0v) is 10.3. The van der Waals surface area contributed by atoms with Crippen molar-refractivity contribution in [3.63, 3.8) is 0 Å². The fourth-order valence-electron chi connectivity index (χ4n) is 2.16. The second-order valence-corrected chi connectivity index (χ2v) is 4.79. The van der Waals surface area contributed by atoms with Crippen LogP contribution >= 0.6 is 0 Å². The molecule has 4 nitrogen and oxygen atoms in total. The predicted molar refractivity (Wildman–Crippen MR) is 67.1 cm³/mol. The molecule has 1 fully saturated rings. The third-order valence-corrected chi connectivity index (χ3v) is 3.14. The summed E-state index contributed by atoms with van der Waals surface area (Å²) in [6.45, 7) is 3.57. The van der Waals surface area contributed by atoms with Gasteiger partial charge in [-0.15, -0.1) is 0 Å². The number of benzene rings is 1. The van der Waals surface area contributed by atoms with E-state index in [1.54, 1.807) is 4.90 Å². The van der Waals surface area contributed by atoms with Gasteiger partial charge in [-0.2, -0.15) is 0 Å². The van der Waals surface area contributed by atoms with Gasteiger partial charge in [0.1, 0.15) is 0 Å². The van der Waals surface area contributed by atoms with Crippen LogP contribution in [0.25, 0.3) is 0 Å². The zero-order chi connectivity index (χ0) is 13.1. The Morgan fingerprint density at radius 3 is 3.00 bits per heavy atom. The van der Waals surface area contributed by atoms with E-state index in [1.165, 1.54) is 12.1 Å². The highest BCUT2D eigenvalue weighted by molar-refractivity contribution is 5.89. The molecule has 1 aliphatic rings. The molecular formula is C13H17FN2O2. The van der Waals surface area contributed by atoms with Crippen molar-refractivity contribution < 1.29 is 14.3 Å². The topological polar surface area (TPSA) is 52.6 Å². The molecule has 5 heteroatoms. The van der Waals surface area contributed by atoms with Crippen LogP contribution in [0.5, 0.6) is 5.75 Å². The predicted octanol–water partition coefficient (Wildman–Crippen LogP) is 2.80. The van der Waals surface area contributed by atoms with E-state index < -0.39 is 11.6 Å². The standard InChI is InChI=1S/C13H17FN2O2/c1-9-3-2-6-16(8-9)13(18)15-10-4-5-12(17)11(14)7-10/h4-5,7,9,17H,2-3,6,8H2,1H3,(H,15,18). The number of nitrogens with one attached hydrogen (secondary N) is 1. The van der Waals surface area contributed by atoms with Crippen LogP contribution in [0.1, 0.15) is 19.8 Å². The Bertz CT molecular complexity index is 451. The van der Waals surface area contributed by atoms with Crippen LogP contribution < -0.4 is 5.32 Å². The lowest BCUT2D eigenvalue weighted by molar-refractivity contribution is 0.182. The number of rotatable bonds is 1. The Morgan fingerprint density at radius 1 is 1.56 bits per heavy atom. The van der Waals surface area contributed by atoms with Crippen molar-refractivity contribution in [3.8, 4) is 5.75 Å². The fourth-order valence-corrected chi connectivity index (χ4v) is 2.16. The first-order valence-corrected chi connectivity index (χ1v) is 6.10. The lowest BCUT2D eigenvalue weighted by Gasteiger charge is -2.30. The molecule has 1 atom stereocenters. The molecule has 1 aromatic carbocycles. The summed E-state index contributed by atoms with van der Waals surface area (Å²) in [6, 6.07) is 3.60. The second-order valence-electron chi connectivity index (χ2n) is 4.79. The minimum atomic E-state index is -0.736. The molecule has 1 unspecified atom stereocenters. The third-order valence-electron chi connectivity index (χ3n) is 3.14. The Morgan fingerprint density at radius 2 is 2.33 bits per heavy atom. The SMILES string of the molecule is CC1CCCN(C(=O)Nc2ccc(O)c(F)c2)C1. The lowest BCUT2D eigenvalue weighted by atomic mass is 10.0. The number of hydrogen-bond acceptors (Lipinski definition) is 2. The van der Waals surface area contributed by atoms with Gasteiger partial charge in [-0.1, -0.05) is 6.92 Å². The molecule has 1 aromatic rings. The smallest absolute Gasteiger partial charge is 0.321 e. The summed E-state index contributed by atoms with van der Waals surface area (Å²) < 4.78 is 13.1. The van der Waals surface area contributed by atoms with E-state index in [2.05, 4.69) is 12.2 Å². The van der Waals surface area contributed by atoms with Crippen molar-refractivity contribution >= 4 is 11.7 Å². The number of amides is 2. The van der Waals surface area contributed by atoms with Gasteiger partial charge in [0, 0.05) is 24.8 Å². The first-order valence-electron chi connectivity index (χ1n) is 6.10. The highest BCUT2D eigenvalue weighted by atomic mass is 19.1. The van der Waals surface area contributed by atoms with Crippen molar-refractivity contribution in [1.82, 2.24) is 4.90 Å². The van der Waals surface area contributed by atoms with Gasteiger partial charge in [0.05, 0.1) is 0 Å². The number of likely N-dealkylation sites (tertiary alicyclic amines) is 1.